The van der Waals surface area contributed by atoms with E-state index in [0.29, 0.717) is 12.6 Å². The van der Waals surface area contributed by atoms with Crippen molar-refractivity contribution in [1.82, 2.24) is 4.90 Å². The average Bonchev–Trinajstić information content (AvgIpc) is 2.65. The molecule has 0 fully saturated rings. The molecule has 0 amide bonds. The van der Waals surface area contributed by atoms with Gasteiger partial charge in [0.25, 0.3) is 0 Å². The molecular weight excluding hydrogens is 208 g/mol. The van der Waals surface area contributed by atoms with Crippen molar-refractivity contribution in [3.05, 3.63) is 21.9 Å². The van der Waals surface area contributed by atoms with E-state index in [1.807, 2.05) is 12.1 Å². The highest BCUT2D eigenvalue weighted by Crippen LogP contribution is 2.18. The molecule has 1 aromatic heterocycles. The van der Waals surface area contributed by atoms with Crippen LogP contribution in [0.15, 0.2) is 12.1 Å². The summed E-state index contributed by atoms with van der Waals surface area (Å²) in [5.41, 5.74) is 0. The molecule has 1 rings (SSSR count). The Morgan fingerprint density at radius 1 is 1.53 bits per heavy atom. The van der Waals surface area contributed by atoms with Gasteiger partial charge in [-0.15, -0.1) is 11.3 Å². The van der Waals surface area contributed by atoms with Crippen molar-refractivity contribution >= 4 is 11.3 Å². The van der Waals surface area contributed by atoms with E-state index in [9.17, 15) is 0 Å². The van der Waals surface area contributed by atoms with Gasteiger partial charge in [0.05, 0.1) is 6.61 Å². The summed E-state index contributed by atoms with van der Waals surface area (Å²) in [5, 5.41) is 17.6. The van der Waals surface area contributed by atoms with Gasteiger partial charge in [-0.1, -0.05) is 0 Å². The minimum atomic E-state index is 0.175. The lowest BCUT2D eigenvalue weighted by Gasteiger charge is -2.24. The predicted molar refractivity (Wildman–Crippen MR) is 61.7 cm³/mol. The number of thiophene rings is 1. The van der Waals surface area contributed by atoms with Crippen LogP contribution in [0.25, 0.3) is 0 Å². The van der Waals surface area contributed by atoms with Crippen molar-refractivity contribution in [2.24, 2.45) is 0 Å². The van der Waals surface area contributed by atoms with Crippen LogP contribution in [0.1, 0.15) is 23.6 Å². The normalized spacial score (nSPS) is 10.9. The molecule has 0 bridgehead atoms. The number of nitrogens with zero attached hydrogens (tertiary/aromatic N) is 2. The lowest BCUT2D eigenvalue weighted by atomic mass is 10.3. The predicted octanol–water partition coefficient (Wildman–Crippen LogP) is 1.82. The Morgan fingerprint density at radius 2 is 2.27 bits per heavy atom. The lowest BCUT2D eigenvalue weighted by molar-refractivity contribution is 0.160. The van der Waals surface area contributed by atoms with Crippen LogP contribution in [0, 0.1) is 11.3 Å². The Bertz CT molecular complexity index is 341. The fraction of sp³-hybridized carbons (Fsp3) is 0.545. The van der Waals surface area contributed by atoms with Gasteiger partial charge in [0.15, 0.2) is 0 Å². The van der Waals surface area contributed by atoms with E-state index in [0.717, 1.165) is 11.4 Å². The Morgan fingerprint density at radius 3 is 2.73 bits per heavy atom. The van der Waals surface area contributed by atoms with Gasteiger partial charge in [0.2, 0.25) is 0 Å². The van der Waals surface area contributed by atoms with E-state index in [1.165, 1.54) is 16.2 Å². The molecule has 0 aliphatic rings. The van der Waals surface area contributed by atoms with Crippen LogP contribution in [0.5, 0.6) is 0 Å². The van der Waals surface area contributed by atoms with Crippen LogP contribution in [-0.2, 0) is 6.54 Å². The van der Waals surface area contributed by atoms with E-state index < -0.39 is 0 Å². The molecule has 1 N–H and O–H groups in total. The van der Waals surface area contributed by atoms with Gasteiger partial charge >= 0.3 is 0 Å². The van der Waals surface area contributed by atoms with E-state index in [4.69, 9.17) is 10.4 Å². The number of aliphatic hydroxyl groups excluding tert-OH is 1. The van der Waals surface area contributed by atoms with Crippen molar-refractivity contribution in [3.8, 4) is 6.07 Å². The zero-order chi connectivity index (χ0) is 11.3. The molecule has 0 spiro atoms. The van der Waals surface area contributed by atoms with E-state index in [2.05, 4.69) is 24.8 Å². The Labute approximate surface area is 94.6 Å². The van der Waals surface area contributed by atoms with E-state index in [-0.39, 0.29) is 6.61 Å². The second kappa shape index (κ2) is 5.86. The van der Waals surface area contributed by atoms with E-state index in [1.54, 1.807) is 0 Å². The third kappa shape index (κ3) is 3.63. The molecule has 0 unspecified atom stereocenters. The minimum Gasteiger partial charge on any atom is -0.395 e. The smallest absolute Gasteiger partial charge is 0.110 e. The zero-order valence-electron chi connectivity index (χ0n) is 9.10. The number of hydrogen-bond donors (Lipinski definition) is 1. The van der Waals surface area contributed by atoms with Crippen LogP contribution in [-0.4, -0.2) is 29.2 Å². The van der Waals surface area contributed by atoms with Gasteiger partial charge in [-0.25, -0.2) is 0 Å². The average molecular weight is 224 g/mol. The number of nitriles is 1. The van der Waals surface area contributed by atoms with Gasteiger partial charge in [-0.2, -0.15) is 5.26 Å². The maximum Gasteiger partial charge on any atom is 0.110 e. The number of aliphatic hydroxyl groups is 1. The first-order valence-electron chi connectivity index (χ1n) is 5.01. The highest BCUT2D eigenvalue weighted by atomic mass is 32.1. The molecule has 1 aromatic rings. The third-order valence-electron chi connectivity index (χ3n) is 2.25. The maximum atomic E-state index is 8.92. The first-order chi connectivity index (χ1) is 7.17. The SMILES string of the molecule is CC(C)N(CCO)Cc1ccc(C#N)s1. The zero-order valence-corrected chi connectivity index (χ0v) is 9.92. The summed E-state index contributed by atoms with van der Waals surface area (Å²) in [4.78, 5) is 4.11. The molecule has 3 nitrogen and oxygen atoms in total. The van der Waals surface area contributed by atoms with Crippen LogP contribution in [0.2, 0.25) is 0 Å². The first kappa shape index (κ1) is 12.2. The second-order valence-corrected chi connectivity index (χ2v) is 4.83. The van der Waals surface area contributed by atoms with Gasteiger partial charge in [0, 0.05) is 24.0 Å². The second-order valence-electron chi connectivity index (χ2n) is 3.67. The van der Waals surface area contributed by atoms with Crippen molar-refractivity contribution in [3.63, 3.8) is 0 Å². The van der Waals surface area contributed by atoms with Crippen LogP contribution in [0.4, 0.5) is 0 Å². The molecule has 15 heavy (non-hydrogen) atoms. The molecule has 1 heterocycles. The van der Waals surface area contributed by atoms with Gasteiger partial charge in [0.1, 0.15) is 10.9 Å². The summed E-state index contributed by atoms with van der Waals surface area (Å²) in [7, 11) is 0. The lowest BCUT2D eigenvalue weighted by Crippen LogP contribution is -2.32. The fourth-order valence-corrected chi connectivity index (χ4v) is 2.20. The highest BCUT2D eigenvalue weighted by molar-refractivity contribution is 7.12. The van der Waals surface area contributed by atoms with Gasteiger partial charge in [-0.3, -0.25) is 4.90 Å². The summed E-state index contributed by atoms with van der Waals surface area (Å²) >= 11 is 1.52. The molecule has 0 aliphatic carbocycles. The molecular formula is C11H16N2OS. The molecule has 0 aromatic carbocycles. The summed E-state index contributed by atoms with van der Waals surface area (Å²) < 4.78 is 0. The number of hydrogen-bond acceptors (Lipinski definition) is 4. The van der Waals surface area contributed by atoms with Crippen LogP contribution >= 0.6 is 11.3 Å². The monoisotopic (exact) mass is 224 g/mol. The maximum absolute atomic E-state index is 8.92. The Balaban J connectivity index is 2.62. The molecule has 0 saturated heterocycles. The largest absolute Gasteiger partial charge is 0.395 e. The molecule has 0 atom stereocenters. The summed E-state index contributed by atoms with van der Waals surface area (Å²) in [5.74, 6) is 0. The summed E-state index contributed by atoms with van der Waals surface area (Å²) in [6, 6.07) is 6.37. The Hall–Kier alpha value is -0.890. The van der Waals surface area contributed by atoms with Crippen molar-refractivity contribution < 1.29 is 5.11 Å². The fourth-order valence-electron chi connectivity index (χ4n) is 1.37. The summed E-state index contributed by atoms with van der Waals surface area (Å²) in [6.45, 7) is 5.87. The van der Waals surface area contributed by atoms with Crippen molar-refractivity contribution in [2.45, 2.75) is 26.4 Å². The third-order valence-corrected chi connectivity index (χ3v) is 3.22. The molecule has 82 valence electrons. The van der Waals surface area contributed by atoms with Crippen molar-refractivity contribution in [2.75, 3.05) is 13.2 Å². The van der Waals surface area contributed by atoms with Crippen LogP contribution < -0.4 is 0 Å². The molecule has 0 aliphatic heterocycles. The minimum absolute atomic E-state index is 0.175. The Kier molecular flexibility index (Phi) is 4.76. The molecule has 0 radical (unpaired) electrons. The molecule has 4 heteroatoms. The molecule has 0 saturated carbocycles. The topological polar surface area (TPSA) is 47.3 Å². The highest BCUT2D eigenvalue weighted by Gasteiger charge is 2.10. The van der Waals surface area contributed by atoms with Crippen LogP contribution in [0.3, 0.4) is 0 Å². The number of rotatable bonds is 5. The van der Waals surface area contributed by atoms with Crippen molar-refractivity contribution in [1.29, 1.82) is 5.26 Å². The summed E-state index contributed by atoms with van der Waals surface area (Å²) in [6.07, 6.45) is 0. The quantitative estimate of drug-likeness (QED) is 0.830. The van der Waals surface area contributed by atoms with E-state index >= 15 is 0 Å². The van der Waals surface area contributed by atoms with Gasteiger partial charge < -0.3 is 5.11 Å². The standard InChI is InChI=1S/C11H16N2OS/c1-9(2)13(5-6-14)8-11-4-3-10(7-12)15-11/h3-4,9,14H,5-6,8H2,1-2H3. The first-order valence-corrected chi connectivity index (χ1v) is 5.82. The van der Waals surface area contributed by atoms with Gasteiger partial charge in [-0.05, 0) is 26.0 Å².